The number of thioether (sulfide) groups is 1. The Labute approximate surface area is 95.8 Å². The van der Waals surface area contributed by atoms with Crippen LogP contribution in [0.1, 0.15) is 24.2 Å². The van der Waals surface area contributed by atoms with E-state index in [0.717, 1.165) is 12.3 Å². The van der Waals surface area contributed by atoms with Crippen molar-refractivity contribution >= 4 is 23.4 Å². The minimum atomic E-state index is -1.21. The number of hydrogen-bond donors (Lipinski definition) is 1. The van der Waals surface area contributed by atoms with Gasteiger partial charge in [-0.2, -0.15) is 0 Å². The summed E-state index contributed by atoms with van der Waals surface area (Å²) in [7, 11) is 0. The van der Waals surface area contributed by atoms with Gasteiger partial charge in [-0.15, -0.1) is 11.8 Å². The summed E-state index contributed by atoms with van der Waals surface area (Å²) in [5.74, 6) is -1.21. The maximum atomic E-state index is 10.9. The van der Waals surface area contributed by atoms with Crippen LogP contribution in [0.25, 0.3) is 0 Å². The molecule has 0 fully saturated rings. The van der Waals surface area contributed by atoms with Crippen molar-refractivity contribution in [3.05, 3.63) is 27.9 Å². The fraction of sp³-hybridized carbons (Fsp3) is 0.333. The van der Waals surface area contributed by atoms with Crippen LogP contribution in [0.3, 0.4) is 0 Å². The first kappa shape index (κ1) is 12.4. The number of carbonyl (C=O) groups is 1. The van der Waals surface area contributed by atoms with Crippen molar-refractivity contribution < 1.29 is 14.8 Å². The van der Waals surface area contributed by atoms with Crippen LogP contribution in [-0.4, -0.2) is 26.2 Å². The highest BCUT2D eigenvalue weighted by Gasteiger charge is 2.18. The summed E-state index contributed by atoms with van der Waals surface area (Å²) < 4.78 is 0. The van der Waals surface area contributed by atoms with Gasteiger partial charge in [0.2, 0.25) is 0 Å². The minimum Gasteiger partial charge on any atom is -0.478 e. The number of rotatable bonds is 4. The molecule has 0 aliphatic rings. The summed E-state index contributed by atoms with van der Waals surface area (Å²) in [5.41, 5.74) is -0.446. The van der Waals surface area contributed by atoms with Crippen molar-refractivity contribution in [3.8, 4) is 0 Å². The molecule has 1 N–H and O–H groups in total. The molecule has 1 aromatic rings. The van der Waals surface area contributed by atoms with Crippen molar-refractivity contribution in [2.45, 2.75) is 24.1 Å². The van der Waals surface area contributed by atoms with Crippen molar-refractivity contribution in [1.29, 1.82) is 0 Å². The number of hydrogen-bond acceptors (Lipinski definition) is 5. The standard InChI is InChI=1S/C9H10N2O4S/c1-5(2)16-8-7(9(12)13)3-6(4-10-8)11(14)15/h3-5H,1-2H3,(H,12,13). The minimum absolute atomic E-state index is 0.132. The first-order valence-electron chi connectivity index (χ1n) is 4.46. The van der Waals surface area contributed by atoms with Crippen LogP contribution < -0.4 is 0 Å². The summed E-state index contributed by atoms with van der Waals surface area (Å²) in [6.07, 6.45) is 1.07. The first-order chi connectivity index (χ1) is 7.41. The molecule has 0 unspecified atom stereocenters. The number of aromatic carboxylic acids is 1. The van der Waals surface area contributed by atoms with Crippen LogP contribution in [-0.2, 0) is 0 Å². The van der Waals surface area contributed by atoms with E-state index in [0.29, 0.717) is 5.03 Å². The smallest absolute Gasteiger partial charge is 0.338 e. The lowest BCUT2D eigenvalue weighted by molar-refractivity contribution is -0.385. The van der Waals surface area contributed by atoms with Crippen molar-refractivity contribution in [2.24, 2.45) is 0 Å². The summed E-state index contributed by atoms with van der Waals surface area (Å²) in [4.78, 5) is 24.5. The lowest BCUT2D eigenvalue weighted by Crippen LogP contribution is -2.04. The normalized spacial score (nSPS) is 10.4. The van der Waals surface area contributed by atoms with E-state index in [1.165, 1.54) is 11.8 Å². The van der Waals surface area contributed by atoms with E-state index in [9.17, 15) is 14.9 Å². The monoisotopic (exact) mass is 242 g/mol. The number of nitrogens with zero attached hydrogens (tertiary/aromatic N) is 2. The highest BCUT2D eigenvalue weighted by atomic mass is 32.2. The van der Waals surface area contributed by atoms with E-state index < -0.39 is 10.9 Å². The summed E-state index contributed by atoms with van der Waals surface area (Å²) in [5, 5.41) is 19.8. The van der Waals surface area contributed by atoms with Gasteiger partial charge in [0.15, 0.2) is 0 Å². The van der Waals surface area contributed by atoms with E-state index in [2.05, 4.69) is 4.98 Å². The molecule has 1 rings (SSSR count). The second-order valence-electron chi connectivity index (χ2n) is 3.28. The molecule has 0 spiro atoms. The highest BCUT2D eigenvalue weighted by molar-refractivity contribution is 7.99. The Balaban J connectivity index is 3.19. The predicted molar refractivity (Wildman–Crippen MR) is 58.8 cm³/mol. The Morgan fingerprint density at radius 1 is 1.62 bits per heavy atom. The molecule has 7 heteroatoms. The largest absolute Gasteiger partial charge is 0.478 e. The van der Waals surface area contributed by atoms with E-state index in [4.69, 9.17) is 5.11 Å². The van der Waals surface area contributed by atoms with Gasteiger partial charge in [0.25, 0.3) is 5.69 Å². The summed E-state index contributed by atoms with van der Waals surface area (Å²) >= 11 is 1.26. The Hall–Kier alpha value is -1.63. The lowest BCUT2D eigenvalue weighted by atomic mass is 10.3. The molecule has 86 valence electrons. The molecule has 0 aliphatic heterocycles. The molecule has 0 saturated heterocycles. The van der Waals surface area contributed by atoms with Crippen LogP contribution in [0.5, 0.6) is 0 Å². The third-order valence-electron chi connectivity index (χ3n) is 1.63. The first-order valence-corrected chi connectivity index (χ1v) is 5.34. The Morgan fingerprint density at radius 3 is 2.69 bits per heavy atom. The molecule has 0 aromatic carbocycles. The Kier molecular flexibility index (Phi) is 3.83. The zero-order valence-electron chi connectivity index (χ0n) is 8.71. The number of pyridine rings is 1. The van der Waals surface area contributed by atoms with E-state index >= 15 is 0 Å². The number of carboxylic acid groups (broad SMARTS) is 1. The number of carboxylic acids is 1. The van der Waals surface area contributed by atoms with Crippen LogP contribution in [0, 0.1) is 10.1 Å². The SMILES string of the molecule is CC(C)Sc1ncc([N+](=O)[O-])cc1C(=O)O. The van der Waals surface area contributed by atoms with Gasteiger partial charge < -0.3 is 5.11 Å². The summed E-state index contributed by atoms with van der Waals surface area (Å²) in [6, 6.07) is 1.03. The maximum absolute atomic E-state index is 10.9. The van der Waals surface area contributed by atoms with Crippen LogP contribution in [0.4, 0.5) is 5.69 Å². The zero-order chi connectivity index (χ0) is 12.3. The van der Waals surface area contributed by atoms with Gasteiger partial charge in [-0.1, -0.05) is 13.8 Å². The second-order valence-corrected chi connectivity index (χ2v) is 4.84. The Bertz CT molecular complexity index is 434. The molecule has 0 amide bonds. The molecular weight excluding hydrogens is 232 g/mol. The van der Waals surface area contributed by atoms with Gasteiger partial charge in [0, 0.05) is 11.3 Å². The molecule has 0 atom stereocenters. The maximum Gasteiger partial charge on any atom is 0.338 e. The van der Waals surface area contributed by atoms with E-state index in [1.807, 2.05) is 13.8 Å². The number of nitro groups is 1. The molecule has 0 aliphatic carbocycles. The average molecular weight is 242 g/mol. The van der Waals surface area contributed by atoms with E-state index in [1.54, 1.807) is 0 Å². The third-order valence-corrected chi connectivity index (χ3v) is 2.65. The topological polar surface area (TPSA) is 93.3 Å². The van der Waals surface area contributed by atoms with Gasteiger partial charge in [0.1, 0.15) is 11.2 Å². The average Bonchev–Trinajstić information content (AvgIpc) is 2.16. The van der Waals surface area contributed by atoms with Gasteiger partial charge in [-0.05, 0) is 0 Å². The number of aromatic nitrogens is 1. The fourth-order valence-electron chi connectivity index (χ4n) is 1.01. The molecule has 6 nitrogen and oxygen atoms in total. The fourth-order valence-corrected chi connectivity index (χ4v) is 1.84. The quantitative estimate of drug-likeness (QED) is 0.494. The second kappa shape index (κ2) is 4.93. The predicted octanol–water partition coefficient (Wildman–Crippen LogP) is 2.19. The Morgan fingerprint density at radius 2 is 2.25 bits per heavy atom. The molecule has 0 saturated carbocycles. The lowest BCUT2D eigenvalue weighted by Gasteiger charge is -2.06. The molecule has 1 aromatic heterocycles. The van der Waals surface area contributed by atoms with Crippen LogP contribution >= 0.6 is 11.8 Å². The third kappa shape index (κ3) is 2.93. The highest BCUT2D eigenvalue weighted by Crippen LogP contribution is 2.26. The van der Waals surface area contributed by atoms with Gasteiger partial charge >= 0.3 is 5.97 Å². The van der Waals surface area contributed by atoms with Crippen LogP contribution in [0.2, 0.25) is 0 Å². The van der Waals surface area contributed by atoms with Gasteiger partial charge in [0.05, 0.1) is 10.5 Å². The molecule has 0 radical (unpaired) electrons. The van der Waals surface area contributed by atoms with Gasteiger partial charge in [-0.25, -0.2) is 9.78 Å². The summed E-state index contributed by atoms with van der Waals surface area (Å²) in [6.45, 7) is 3.78. The molecular formula is C9H10N2O4S. The van der Waals surface area contributed by atoms with Crippen molar-refractivity contribution in [3.63, 3.8) is 0 Å². The molecule has 1 heterocycles. The van der Waals surface area contributed by atoms with E-state index in [-0.39, 0.29) is 16.5 Å². The van der Waals surface area contributed by atoms with Crippen molar-refractivity contribution in [1.82, 2.24) is 4.98 Å². The van der Waals surface area contributed by atoms with Gasteiger partial charge in [-0.3, -0.25) is 10.1 Å². The van der Waals surface area contributed by atoms with Crippen LogP contribution in [0.15, 0.2) is 17.3 Å². The zero-order valence-corrected chi connectivity index (χ0v) is 9.52. The molecule has 0 bridgehead atoms. The van der Waals surface area contributed by atoms with Crippen molar-refractivity contribution in [2.75, 3.05) is 0 Å². The molecule has 16 heavy (non-hydrogen) atoms.